The van der Waals surface area contributed by atoms with E-state index in [9.17, 15) is 14.7 Å². The lowest BCUT2D eigenvalue weighted by Crippen LogP contribution is -2.53. The third-order valence-electron chi connectivity index (χ3n) is 4.02. The molecule has 102 valence electrons. The summed E-state index contributed by atoms with van der Waals surface area (Å²) in [6.07, 6.45) is 6.22. The van der Waals surface area contributed by atoms with Gasteiger partial charge in [-0.1, -0.05) is 12.8 Å². The minimum absolute atomic E-state index is 0.00726. The third-order valence-corrected chi connectivity index (χ3v) is 4.02. The van der Waals surface area contributed by atoms with Gasteiger partial charge in [-0.05, 0) is 25.7 Å². The molecule has 0 unspecified atom stereocenters. The molecule has 5 heteroatoms. The van der Waals surface area contributed by atoms with Crippen molar-refractivity contribution in [2.45, 2.75) is 50.5 Å². The van der Waals surface area contributed by atoms with Crippen molar-refractivity contribution in [1.82, 2.24) is 10.2 Å². The molecule has 5 nitrogen and oxygen atoms in total. The van der Waals surface area contributed by atoms with Crippen LogP contribution in [0.5, 0.6) is 0 Å². The van der Waals surface area contributed by atoms with Crippen molar-refractivity contribution < 1.29 is 14.7 Å². The minimum atomic E-state index is -0.435. The predicted octanol–water partition coefficient (Wildman–Crippen LogP) is 0.420. The molecule has 0 bridgehead atoms. The Morgan fingerprint density at radius 3 is 2.61 bits per heavy atom. The minimum Gasteiger partial charge on any atom is -0.394 e. The number of rotatable bonds is 4. The molecule has 0 radical (unpaired) electrons. The van der Waals surface area contributed by atoms with Crippen LogP contribution in [0, 0.1) is 0 Å². The lowest BCUT2D eigenvalue weighted by atomic mass is 9.99. The second kappa shape index (κ2) is 5.69. The standard InChI is InChI=1S/C13H22N2O3/c16-10-13(6-2-3-7-13)14-11(17)9-15-8-4-1-5-12(15)18/h16H,1-10H2,(H,14,17). The summed E-state index contributed by atoms with van der Waals surface area (Å²) < 4.78 is 0. The van der Waals surface area contributed by atoms with Crippen molar-refractivity contribution in [2.75, 3.05) is 19.7 Å². The molecular formula is C13H22N2O3. The number of amides is 2. The normalized spacial score (nSPS) is 23.2. The van der Waals surface area contributed by atoms with Gasteiger partial charge < -0.3 is 15.3 Å². The fourth-order valence-corrected chi connectivity index (χ4v) is 2.91. The van der Waals surface area contributed by atoms with E-state index in [0.717, 1.165) is 38.5 Å². The first-order chi connectivity index (χ1) is 8.65. The topological polar surface area (TPSA) is 69.6 Å². The van der Waals surface area contributed by atoms with Crippen LogP contribution in [0.2, 0.25) is 0 Å². The van der Waals surface area contributed by atoms with E-state index in [1.807, 2.05) is 0 Å². The summed E-state index contributed by atoms with van der Waals surface area (Å²) in [5, 5.41) is 12.4. The van der Waals surface area contributed by atoms with Crippen molar-refractivity contribution in [3.05, 3.63) is 0 Å². The van der Waals surface area contributed by atoms with Crippen molar-refractivity contribution in [2.24, 2.45) is 0 Å². The van der Waals surface area contributed by atoms with E-state index in [1.165, 1.54) is 0 Å². The fraction of sp³-hybridized carbons (Fsp3) is 0.846. The molecule has 0 aromatic heterocycles. The second-order valence-electron chi connectivity index (χ2n) is 5.47. The first-order valence-corrected chi connectivity index (χ1v) is 6.85. The number of hydrogen-bond acceptors (Lipinski definition) is 3. The highest BCUT2D eigenvalue weighted by Gasteiger charge is 2.35. The van der Waals surface area contributed by atoms with E-state index in [0.29, 0.717) is 13.0 Å². The predicted molar refractivity (Wildman–Crippen MR) is 66.9 cm³/mol. The van der Waals surface area contributed by atoms with Gasteiger partial charge >= 0.3 is 0 Å². The molecule has 18 heavy (non-hydrogen) atoms. The molecule has 2 aliphatic rings. The quantitative estimate of drug-likeness (QED) is 0.764. The third kappa shape index (κ3) is 3.02. The van der Waals surface area contributed by atoms with Gasteiger partial charge in [0.1, 0.15) is 0 Å². The molecular weight excluding hydrogens is 232 g/mol. The maximum Gasteiger partial charge on any atom is 0.240 e. The molecule has 2 N–H and O–H groups in total. The average molecular weight is 254 g/mol. The SMILES string of the molecule is O=C(CN1CCCCC1=O)NC1(CO)CCCC1. The summed E-state index contributed by atoms with van der Waals surface area (Å²) in [6, 6.07) is 0. The van der Waals surface area contributed by atoms with Crippen LogP contribution < -0.4 is 5.32 Å². The zero-order chi connectivity index (χ0) is 13.0. The average Bonchev–Trinajstić information content (AvgIpc) is 2.81. The number of nitrogens with one attached hydrogen (secondary N) is 1. The Morgan fingerprint density at radius 1 is 1.28 bits per heavy atom. The largest absolute Gasteiger partial charge is 0.394 e. The summed E-state index contributed by atoms with van der Waals surface area (Å²) in [6.45, 7) is 0.811. The molecule has 1 saturated heterocycles. The van der Waals surface area contributed by atoms with Crippen LogP contribution in [0.1, 0.15) is 44.9 Å². The number of piperidine rings is 1. The van der Waals surface area contributed by atoms with Gasteiger partial charge in [-0.15, -0.1) is 0 Å². The second-order valence-corrected chi connectivity index (χ2v) is 5.47. The van der Waals surface area contributed by atoms with E-state index >= 15 is 0 Å². The molecule has 1 aliphatic heterocycles. The Kier molecular flexibility index (Phi) is 4.22. The van der Waals surface area contributed by atoms with Crippen LogP contribution in [-0.2, 0) is 9.59 Å². The smallest absolute Gasteiger partial charge is 0.240 e. The van der Waals surface area contributed by atoms with Crippen molar-refractivity contribution in [3.63, 3.8) is 0 Å². The van der Waals surface area contributed by atoms with Crippen LogP contribution in [0.25, 0.3) is 0 Å². The maximum absolute atomic E-state index is 12.0. The molecule has 0 spiro atoms. The lowest BCUT2D eigenvalue weighted by molar-refractivity contribution is -0.138. The Balaban J connectivity index is 1.85. The molecule has 1 aliphatic carbocycles. The highest BCUT2D eigenvalue weighted by molar-refractivity contribution is 5.85. The van der Waals surface area contributed by atoms with E-state index in [2.05, 4.69) is 5.32 Å². The van der Waals surface area contributed by atoms with Gasteiger partial charge in [-0.3, -0.25) is 9.59 Å². The van der Waals surface area contributed by atoms with E-state index in [4.69, 9.17) is 0 Å². The number of carbonyl (C=O) groups is 2. The Hall–Kier alpha value is -1.10. The van der Waals surface area contributed by atoms with Crippen molar-refractivity contribution in [3.8, 4) is 0 Å². The van der Waals surface area contributed by atoms with Gasteiger partial charge in [0.05, 0.1) is 18.7 Å². The number of aliphatic hydroxyl groups excluding tert-OH is 1. The number of aliphatic hydroxyl groups is 1. The fourth-order valence-electron chi connectivity index (χ4n) is 2.91. The van der Waals surface area contributed by atoms with Gasteiger partial charge in [0.25, 0.3) is 0 Å². The van der Waals surface area contributed by atoms with Crippen molar-refractivity contribution >= 4 is 11.8 Å². The van der Waals surface area contributed by atoms with E-state index in [-0.39, 0.29) is 25.0 Å². The van der Waals surface area contributed by atoms with Gasteiger partial charge in [0, 0.05) is 13.0 Å². The number of nitrogens with zero attached hydrogens (tertiary/aromatic N) is 1. The van der Waals surface area contributed by atoms with Gasteiger partial charge in [-0.2, -0.15) is 0 Å². The molecule has 1 saturated carbocycles. The summed E-state index contributed by atoms with van der Waals surface area (Å²) in [5.74, 6) is -0.0675. The van der Waals surface area contributed by atoms with Gasteiger partial charge in [-0.25, -0.2) is 0 Å². The lowest BCUT2D eigenvalue weighted by Gasteiger charge is -2.31. The van der Waals surface area contributed by atoms with Crippen LogP contribution in [0.4, 0.5) is 0 Å². The van der Waals surface area contributed by atoms with E-state index < -0.39 is 5.54 Å². The zero-order valence-corrected chi connectivity index (χ0v) is 10.8. The van der Waals surface area contributed by atoms with Gasteiger partial charge in [0.15, 0.2) is 0 Å². The summed E-state index contributed by atoms with van der Waals surface area (Å²) >= 11 is 0. The summed E-state index contributed by atoms with van der Waals surface area (Å²) in [7, 11) is 0. The Morgan fingerprint density at radius 2 is 2.00 bits per heavy atom. The molecule has 2 rings (SSSR count). The Bertz CT molecular complexity index is 324. The molecule has 2 amide bonds. The monoisotopic (exact) mass is 254 g/mol. The van der Waals surface area contributed by atoms with Crippen LogP contribution in [0.15, 0.2) is 0 Å². The Labute approximate surface area is 108 Å². The summed E-state index contributed by atoms with van der Waals surface area (Å²) in [5.41, 5.74) is -0.435. The number of carbonyl (C=O) groups excluding carboxylic acids is 2. The first kappa shape index (κ1) is 13.3. The van der Waals surface area contributed by atoms with E-state index in [1.54, 1.807) is 4.90 Å². The maximum atomic E-state index is 12.0. The van der Waals surface area contributed by atoms with Crippen molar-refractivity contribution in [1.29, 1.82) is 0 Å². The first-order valence-electron chi connectivity index (χ1n) is 6.85. The summed E-state index contributed by atoms with van der Waals surface area (Å²) in [4.78, 5) is 25.2. The van der Waals surface area contributed by atoms with Gasteiger partial charge in [0.2, 0.25) is 11.8 Å². The van der Waals surface area contributed by atoms with Crippen LogP contribution in [-0.4, -0.2) is 47.1 Å². The zero-order valence-electron chi connectivity index (χ0n) is 10.8. The molecule has 1 heterocycles. The van der Waals surface area contributed by atoms with Crippen LogP contribution >= 0.6 is 0 Å². The molecule has 0 aromatic carbocycles. The highest BCUT2D eigenvalue weighted by atomic mass is 16.3. The molecule has 2 fully saturated rings. The number of likely N-dealkylation sites (tertiary alicyclic amines) is 1. The highest BCUT2D eigenvalue weighted by Crippen LogP contribution is 2.29. The molecule has 0 atom stereocenters. The molecule has 0 aromatic rings. The van der Waals surface area contributed by atoms with Crippen LogP contribution in [0.3, 0.4) is 0 Å². The number of hydrogen-bond donors (Lipinski definition) is 2.